The van der Waals surface area contributed by atoms with Gasteiger partial charge in [0.1, 0.15) is 17.2 Å². The largest absolute Gasteiger partial charge is 0.443 e. The van der Waals surface area contributed by atoms with Crippen LogP contribution in [0.1, 0.15) is 31.9 Å². The monoisotopic (exact) mass is 370 g/mol. The number of alkyl halides is 3. The maximum atomic E-state index is 13.6. The van der Waals surface area contributed by atoms with E-state index < -0.39 is 29.3 Å². The van der Waals surface area contributed by atoms with Gasteiger partial charge in [0.25, 0.3) is 0 Å². The van der Waals surface area contributed by atoms with E-state index in [2.05, 4.69) is 4.98 Å². The molecular formula is C18H18F4N2O2. The molecule has 0 bridgehead atoms. The van der Waals surface area contributed by atoms with Crippen LogP contribution >= 0.6 is 0 Å². The van der Waals surface area contributed by atoms with Gasteiger partial charge in [-0.15, -0.1) is 0 Å². The number of carbonyl (C=O) groups excluding carboxylic acids is 1. The number of hydrogen-bond donors (Lipinski definition) is 0. The highest BCUT2D eigenvalue weighted by Crippen LogP contribution is 2.36. The van der Waals surface area contributed by atoms with Crippen LogP contribution in [-0.4, -0.2) is 16.7 Å². The van der Waals surface area contributed by atoms with E-state index in [1.165, 1.54) is 12.3 Å². The fourth-order valence-electron chi connectivity index (χ4n) is 2.15. The summed E-state index contributed by atoms with van der Waals surface area (Å²) in [5.41, 5.74) is -1.82. The van der Waals surface area contributed by atoms with E-state index in [1.807, 2.05) is 0 Å². The molecule has 26 heavy (non-hydrogen) atoms. The molecule has 0 aliphatic heterocycles. The molecule has 1 heterocycles. The number of ether oxygens (including phenoxy) is 1. The van der Waals surface area contributed by atoms with Gasteiger partial charge in [0.15, 0.2) is 0 Å². The van der Waals surface area contributed by atoms with Gasteiger partial charge in [0.05, 0.1) is 11.3 Å². The number of benzene rings is 1. The molecule has 1 aromatic carbocycles. The summed E-state index contributed by atoms with van der Waals surface area (Å²) in [6, 6.07) is 5.47. The predicted molar refractivity (Wildman–Crippen MR) is 88.7 cm³/mol. The van der Waals surface area contributed by atoms with Crippen molar-refractivity contribution in [1.29, 1.82) is 0 Å². The molecule has 0 saturated carbocycles. The van der Waals surface area contributed by atoms with Crippen molar-refractivity contribution in [3.63, 3.8) is 0 Å². The number of nitrogens with zero attached hydrogens (tertiary/aromatic N) is 2. The quantitative estimate of drug-likeness (QED) is 0.644. The molecule has 0 saturated heterocycles. The zero-order valence-electron chi connectivity index (χ0n) is 14.7. The maximum absolute atomic E-state index is 13.6. The van der Waals surface area contributed by atoms with Gasteiger partial charge in [0, 0.05) is 6.20 Å². The second-order valence-electron chi connectivity index (χ2n) is 6.67. The van der Waals surface area contributed by atoms with E-state index in [1.54, 1.807) is 33.8 Å². The van der Waals surface area contributed by atoms with Crippen molar-refractivity contribution in [3.8, 4) is 0 Å². The molecule has 0 radical (unpaired) electrons. The van der Waals surface area contributed by atoms with E-state index in [-0.39, 0.29) is 11.5 Å². The Morgan fingerprint density at radius 3 is 2.31 bits per heavy atom. The minimum Gasteiger partial charge on any atom is -0.443 e. The van der Waals surface area contributed by atoms with E-state index in [0.29, 0.717) is 12.1 Å². The molecule has 1 aromatic heterocycles. The number of amides is 1. The Bertz CT molecular complexity index is 814. The van der Waals surface area contributed by atoms with E-state index in [9.17, 15) is 22.4 Å². The first-order valence-electron chi connectivity index (χ1n) is 7.71. The number of halogens is 4. The predicted octanol–water partition coefficient (Wildman–Crippen LogP) is 5.62. The van der Waals surface area contributed by atoms with Gasteiger partial charge in [-0.25, -0.2) is 19.1 Å². The third-order valence-corrected chi connectivity index (χ3v) is 3.22. The highest BCUT2D eigenvalue weighted by Gasteiger charge is 2.36. The van der Waals surface area contributed by atoms with Crippen molar-refractivity contribution >= 4 is 17.6 Å². The first-order valence-corrected chi connectivity index (χ1v) is 7.71. The van der Waals surface area contributed by atoms with Gasteiger partial charge in [-0.1, -0.05) is 0 Å². The number of carbonyl (C=O) groups is 1. The lowest BCUT2D eigenvalue weighted by atomic mass is 10.1. The van der Waals surface area contributed by atoms with Crippen molar-refractivity contribution in [3.05, 3.63) is 53.5 Å². The third kappa shape index (κ3) is 4.71. The summed E-state index contributed by atoms with van der Waals surface area (Å²) in [5, 5.41) is 0. The normalized spacial score (nSPS) is 12.0. The summed E-state index contributed by atoms with van der Waals surface area (Å²) in [7, 11) is 0. The molecule has 4 nitrogen and oxygen atoms in total. The molecule has 0 atom stereocenters. The SMILES string of the molecule is Cc1ccnc(N(C(=O)OC(C)(C)C)c2ccc(F)c(C(F)(F)F)c2)c1. The molecule has 0 spiro atoms. The molecule has 0 N–H and O–H groups in total. The first-order chi connectivity index (χ1) is 11.9. The number of rotatable bonds is 2. The Kier molecular flexibility index (Phi) is 5.25. The summed E-state index contributed by atoms with van der Waals surface area (Å²) in [6.07, 6.45) is -4.41. The summed E-state index contributed by atoms with van der Waals surface area (Å²) in [6.45, 7) is 6.61. The van der Waals surface area contributed by atoms with Gasteiger partial charge in [-0.3, -0.25) is 0 Å². The van der Waals surface area contributed by atoms with Gasteiger partial charge in [-0.05, 0) is 63.6 Å². The van der Waals surface area contributed by atoms with Crippen molar-refractivity contribution in [2.75, 3.05) is 4.90 Å². The summed E-state index contributed by atoms with van der Waals surface area (Å²) < 4.78 is 58.0. The van der Waals surface area contributed by atoms with Gasteiger partial charge in [0.2, 0.25) is 0 Å². The third-order valence-electron chi connectivity index (χ3n) is 3.22. The Hall–Kier alpha value is -2.64. The molecule has 0 aliphatic carbocycles. The van der Waals surface area contributed by atoms with Crippen LogP contribution in [-0.2, 0) is 10.9 Å². The fraction of sp³-hybridized carbons (Fsp3) is 0.333. The molecule has 0 fully saturated rings. The standard InChI is InChI=1S/C18H18F4N2O2/c1-11-7-8-23-15(9-11)24(16(25)26-17(2,3)4)12-5-6-14(19)13(10-12)18(20,21)22/h5-10H,1-4H3. The smallest absolute Gasteiger partial charge is 0.420 e. The molecule has 140 valence electrons. The maximum Gasteiger partial charge on any atom is 0.420 e. The molecule has 8 heteroatoms. The molecule has 1 amide bonds. The van der Waals surface area contributed by atoms with Crippen LogP contribution in [0.25, 0.3) is 0 Å². The average Bonchev–Trinajstić information content (AvgIpc) is 2.46. The zero-order chi connectivity index (χ0) is 19.7. The minimum atomic E-state index is -4.90. The lowest BCUT2D eigenvalue weighted by Crippen LogP contribution is -2.34. The van der Waals surface area contributed by atoms with Crippen LogP contribution in [0.15, 0.2) is 36.5 Å². The van der Waals surface area contributed by atoms with Crippen LogP contribution in [0, 0.1) is 12.7 Å². The molecule has 2 rings (SSSR count). The number of pyridine rings is 1. The van der Waals surface area contributed by atoms with Crippen LogP contribution in [0.2, 0.25) is 0 Å². The van der Waals surface area contributed by atoms with Crippen LogP contribution in [0.4, 0.5) is 33.9 Å². The Balaban J connectivity index is 2.59. The minimum absolute atomic E-state index is 0.0685. The lowest BCUT2D eigenvalue weighted by molar-refractivity contribution is -0.139. The van der Waals surface area contributed by atoms with Crippen LogP contribution < -0.4 is 4.90 Å². The van der Waals surface area contributed by atoms with Crippen molar-refractivity contribution < 1.29 is 27.1 Å². The van der Waals surface area contributed by atoms with Crippen LogP contribution in [0.5, 0.6) is 0 Å². The Labute approximate surface area is 148 Å². The highest BCUT2D eigenvalue weighted by atomic mass is 19.4. The molecule has 0 aliphatic rings. The number of anilines is 2. The second-order valence-corrected chi connectivity index (χ2v) is 6.67. The van der Waals surface area contributed by atoms with Crippen molar-refractivity contribution in [2.24, 2.45) is 0 Å². The topological polar surface area (TPSA) is 42.4 Å². The second kappa shape index (κ2) is 6.93. The van der Waals surface area contributed by atoms with Crippen molar-refractivity contribution in [1.82, 2.24) is 4.98 Å². The van der Waals surface area contributed by atoms with Crippen molar-refractivity contribution in [2.45, 2.75) is 39.5 Å². The van der Waals surface area contributed by atoms with Gasteiger partial charge in [-0.2, -0.15) is 13.2 Å². The Morgan fingerprint density at radius 1 is 1.12 bits per heavy atom. The van der Waals surface area contributed by atoms with Gasteiger partial charge >= 0.3 is 12.3 Å². The Morgan fingerprint density at radius 2 is 1.77 bits per heavy atom. The average molecular weight is 370 g/mol. The summed E-state index contributed by atoms with van der Waals surface area (Å²) >= 11 is 0. The summed E-state index contributed by atoms with van der Waals surface area (Å²) in [5.74, 6) is -1.36. The highest BCUT2D eigenvalue weighted by molar-refractivity contribution is 5.95. The molecule has 0 unspecified atom stereocenters. The van der Waals surface area contributed by atoms with Crippen LogP contribution in [0.3, 0.4) is 0 Å². The first kappa shape index (κ1) is 19.7. The van der Waals surface area contributed by atoms with E-state index >= 15 is 0 Å². The van der Waals surface area contributed by atoms with Gasteiger partial charge < -0.3 is 4.74 Å². The zero-order valence-corrected chi connectivity index (χ0v) is 14.7. The number of aryl methyl sites for hydroxylation is 1. The number of aromatic nitrogens is 1. The lowest BCUT2D eigenvalue weighted by Gasteiger charge is -2.27. The number of hydrogen-bond acceptors (Lipinski definition) is 3. The van der Waals surface area contributed by atoms with E-state index in [0.717, 1.165) is 16.5 Å². The van der Waals surface area contributed by atoms with E-state index in [4.69, 9.17) is 4.74 Å². The molecule has 2 aromatic rings. The fourth-order valence-corrected chi connectivity index (χ4v) is 2.15. The molecular weight excluding hydrogens is 352 g/mol. The summed E-state index contributed by atoms with van der Waals surface area (Å²) in [4.78, 5) is 17.5.